The minimum atomic E-state index is -0.218. The molecule has 6 nitrogen and oxygen atoms in total. The first-order chi connectivity index (χ1) is 16.2. The lowest BCUT2D eigenvalue weighted by Gasteiger charge is -2.12. The quantitative estimate of drug-likeness (QED) is 0.343. The van der Waals surface area contributed by atoms with Crippen LogP contribution in [0.5, 0.6) is 5.75 Å². The molecule has 0 aliphatic rings. The maximum atomic E-state index is 12.9. The second kappa shape index (κ2) is 9.26. The smallest absolute Gasteiger partial charge is 0.256 e. The van der Waals surface area contributed by atoms with Crippen LogP contribution in [0.3, 0.4) is 0 Å². The van der Waals surface area contributed by atoms with E-state index in [2.05, 4.69) is 39.7 Å². The summed E-state index contributed by atoms with van der Waals surface area (Å²) in [5.74, 6) is 1.04. The van der Waals surface area contributed by atoms with Gasteiger partial charge >= 0.3 is 0 Å². The Morgan fingerprint density at radius 1 is 1.06 bits per heavy atom. The number of hydrogen-bond acceptors (Lipinski definition) is 5. The number of aromatic nitrogens is 3. The second-order valence-electron chi connectivity index (χ2n) is 7.64. The van der Waals surface area contributed by atoms with Crippen molar-refractivity contribution in [3.8, 4) is 5.75 Å². The molecule has 5 rings (SSSR count). The molecule has 164 valence electrons. The highest BCUT2D eigenvalue weighted by molar-refractivity contribution is 7.09. The van der Waals surface area contributed by atoms with Crippen molar-refractivity contribution in [2.75, 3.05) is 5.32 Å². The Hall–Kier alpha value is -3.97. The van der Waals surface area contributed by atoms with Crippen molar-refractivity contribution in [1.29, 1.82) is 0 Å². The van der Waals surface area contributed by atoms with Gasteiger partial charge in [0, 0.05) is 17.0 Å². The molecular formula is C26H22N4O2S. The number of thiazole rings is 1. The van der Waals surface area contributed by atoms with E-state index in [0.29, 0.717) is 30.3 Å². The standard InChI is InChI=1S/C26H22N4O2S/c1-18-28-22(17-33-18)16-32-23-10-5-8-20(14-23)26(31)29-25-12-13-27-30(25)15-21-9-4-7-19-6-2-3-11-24(19)21/h2-14,17H,15-16H2,1H3,(H,29,31). The molecule has 0 aliphatic carbocycles. The first-order valence-corrected chi connectivity index (χ1v) is 11.5. The molecule has 1 N–H and O–H groups in total. The van der Waals surface area contributed by atoms with Gasteiger partial charge in [0.2, 0.25) is 0 Å². The lowest BCUT2D eigenvalue weighted by Crippen LogP contribution is -2.16. The maximum Gasteiger partial charge on any atom is 0.256 e. The Bertz CT molecular complexity index is 1420. The Morgan fingerprint density at radius 3 is 2.79 bits per heavy atom. The predicted octanol–water partition coefficient (Wildman–Crippen LogP) is 5.68. The van der Waals surface area contributed by atoms with Gasteiger partial charge in [0.15, 0.2) is 0 Å². The Labute approximate surface area is 195 Å². The molecule has 0 aliphatic heterocycles. The molecular weight excluding hydrogens is 432 g/mol. The first kappa shape index (κ1) is 20.9. The molecule has 0 bridgehead atoms. The number of anilines is 1. The molecule has 0 saturated carbocycles. The van der Waals surface area contributed by atoms with E-state index in [1.165, 1.54) is 10.8 Å². The van der Waals surface area contributed by atoms with E-state index in [1.807, 2.05) is 42.6 Å². The van der Waals surface area contributed by atoms with Crippen LogP contribution in [-0.2, 0) is 13.2 Å². The first-order valence-electron chi connectivity index (χ1n) is 10.6. The summed E-state index contributed by atoms with van der Waals surface area (Å²) in [6, 6.07) is 23.4. The number of benzene rings is 3. The largest absolute Gasteiger partial charge is 0.487 e. The number of rotatable bonds is 7. The van der Waals surface area contributed by atoms with Gasteiger partial charge in [0.25, 0.3) is 5.91 Å². The molecule has 0 saturated heterocycles. The van der Waals surface area contributed by atoms with E-state index in [-0.39, 0.29) is 5.91 Å². The summed E-state index contributed by atoms with van der Waals surface area (Å²) in [4.78, 5) is 17.3. The van der Waals surface area contributed by atoms with Crippen LogP contribution in [0, 0.1) is 6.92 Å². The number of carbonyl (C=O) groups excluding carboxylic acids is 1. The molecule has 33 heavy (non-hydrogen) atoms. The van der Waals surface area contributed by atoms with Crippen molar-refractivity contribution in [2.45, 2.75) is 20.1 Å². The average Bonchev–Trinajstić information content (AvgIpc) is 3.46. The molecule has 7 heteroatoms. The van der Waals surface area contributed by atoms with Crippen molar-refractivity contribution in [3.05, 3.63) is 106 Å². The fourth-order valence-electron chi connectivity index (χ4n) is 3.70. The number of fused-ring (bicyclic) bond motifs is 1. The second-order valence-corrected chi connectivity index (χ2v) is 8.70. The summed E-state index contributed by atoms with van der Waals surface area (Å²) < 4.78 is 7.62. The number of amides is 1. The highest BCUT2D eigenvalue weighted by atomic mass is 32.1. The lowest BCUT2D eigenvalue weighted by atomic mass is 10.0. The van der Waals surface area contributed by atoms with Gasteiger partial charge in [-0.3, -0.25) is 4.79 Å². The van der Waals surface area contributed by atoms with Gasteiger partial charge in [0.1, 0.15) is 18.2 Å². The minimum Gasteiger partial charge on any atom is -0.487 e. The number of nitrogens with one attached hydrogen (secondary N) is 1. The molecule has 3 aromatic carbocycles. The number of aryl methyl sites for hydroxylation is 1. The Kier molecular flexibility index (Phi) is 5.87. The monoisotopic (exact) mass is 454 g/mol. The van der Waals surface area contributed by atoms with Gasteiger partial charge in [-0.25, -0.2) is 9.67 Å². The fraction of sp³-hybridized carbons (Fsp3) is 0.115. The van der Waals surface area contributed by atoms with E-state index < -0.39 is 0 Å². The van der Waals surface area contributed by atoms with Crippen LogP contribution in [-0.4, -0.2) is 20.7 Å². The van der Waals surface area contributed by atoms with Crippen molar-refractivity contribution in [1.82, 2.24) is 14.8 Å². The van der Waals surface area contributed by atoms with Crippen LogP contribution >= 0.6 is 11.3 Å². The number of hydrogen-bond donors (Lipinski definition) is 1. The van der Waals surface area contributed by atoms with Crippen molar-refractivity contribution in [2.24, 2.45) is 0 Å². The number of ether oxygens (including phenoxy) is 1. The van der Waals surface area contributed by atoms with E-state index in [1.54, 1.807) is 40.4 Å². The van der Waals surface area contributed by atoms with E-state index in [9.17, 15) is 4.79 Å². The predicted molar refractivity (Wildman–Crippen MR) is 131 cm³/mol. The van der Waals surface area contributed by atoms with E-state index in [4.69, 9.17) is 4.74 Å². The highest BCUT2D eigenvalue weighted by Crippen LogP contribution is 2.22. The molecule has 2 heterocycles. The third-order valence-electron chi connectivity index (χ3n) is 5.31. The molecule has 0 atom stereocenters. The fourth-order valence-corrected chi connectivity index (χ4v) is 4.30. The zero-order valence-electron chi connectivity index (χ0n) is 18.1. The van der Waals surface area contributed by atoms with Gasteiger partial charge in [-0.15, -0.1) is 11.3 Å². The highest BCUT2D eigenvalue weighted by Gasteiger charge is 2.12. The molecule has 0 radical (unpaired) electrons. The molecule has 2 aromatic heterocycles. The molecule has 5 aromatic rings. The molecule has 0 unspecified atom stereocenters. The van der Waals surface area contributed by atoms with Crippen molar-refractivity contribution in [3.63, 3.8) is 0 Å². The Morgan fingerprint density at radius 2 is 1.91 bits per heavy atom. The van der Waals surface area contributed by atoms with Crippen LogP contribution in [0.2, 0.25) is 0 Å². The SMILES string of the molecule is Cc1nc(COc2cccc(C(=O)Nc3ccnn3Cc3cccc4ccccc34)c2)cs1. The summed E-state index contributed by atoms with van der Waals surface area (Å²) >= 11 is 1.59. The summed E-state index contributed by atoms with van der Waals surface area (Å²) in [5, 5.41) is 12.7. The third kappa shape index (κ3) is 4.78. The van der Waals surface area contributed by atoms with Gasteiger partial charge in [0.05, 0.1) is 23.4 Å². The summed E-state index contributed by atoms with van der Waals surface area (Å²) in [6.45, 7) is 2.89. The normalized spacial score (nSPS) is 10.9. The summed E-state index contributed by atoms with van der Waals surface area (Å²) in [5.41, 5.74) is 2.53. The van der Waals surface area contributed by atoms with Gasteiger partial charge in [-0.2, -0.15) is 5.10 Å². The van der Waals surface area contributed by atoms with Crippen LogP contribution in [0.15, 0.2) is 84.4 Å². The summed E-state index contributed by atoms with van der Waals surface area (Å²) in [7, 11) is 0. The topological polar surface area (TPSA) is 69.0 Å². The lowest BCUT2D eigenvalue weighted by molar-refractivity contribution is 0.102. The summed E-state index contributed by atoms with van der Waals surface area (Å²) in [6.07, 6.45) is 1.69. The molecule has 0 fully saturated rings. The third-order valence-corrected chi connectivity index (χ3v) is 6.13. The van der Waals surface area contributed by atoms with Crippen molar-refractivity contribution >= 4 is 33.8 Å². The Balaban J connectivity index is 1.29. The molecule has 1 amide bonds. The van der Waals surface area contributed by atoms with Gasteiger partial charge < -0.3 is 10.1 Å². The van der Waals surface area contributed by atoms with Crippen molar-refractivity contribution < 1.29 is 9.53 Å². The average molecular weight is 455 g/mol. The van der Waals surface area contributed by atoms with Gasteiger partial charge in [-0.1, -0.05) is 48.5 Å². The zero-order chi connectivity index (χ0) is 22.6. The molecule has 0 spiro atoms. The van der Waals surface area contributed by atoms with E-state index in [0.717, 1.165) is 16.3 Å². The van der Waals surface area contributed by atoms with Crippen LogP contribution < -0.4 is 10.1 Å². The minimum absolute atomic E-state index is 0.218. The number of carbonyl (C=O) groups is 1. The maximum absolute atomic E-state index is 12.9. The van der Waals surface area contributed by atoms with Crippen LogP contribution in [0.4, 0.5) is 5.82 Å². The zero-order valence-corrected chi connectivity index (χ0v) is 18.9. The van der Waals surface area contributed by atoms with E-state index >= 15 is 0 Å². The van der Waals surface area contributed by atoms with Crippen LogP contribution in [0.25, 0.3) is 10.8 Å². The van der Waals surface area contributed by atoms with Crippen LogP contribution in [0.1, 0.15) is 26.6 Å². The van der Waals surface area contributed by atoms with Gasteiger partial charge in [-0.05, 0) is 41.5 Å². The number of nitrogens with zero attached hydrogens (tertiary/aromatic N) is 3.